The smallest absolute Gasteiger partial charge is 0.243 e. The van der Waals surface area contributed by atoms with Crippen molar-refractivity contribution in [1.29, 1.82) is 0 Å². The first-order valence-electron chi connectivity index (χ1n) is 5.56. The lowest BCUT2D eigenvalue weighted by Crippen LogP contribution is -2.38. The minimum Gasteiger partial charge on any atom is -0.350 e. The molecule has 2 atom stereocenters. The third kappa shape index (κ3) is 3.17. The summed E-state index contributed by atoms with van der Waals surface area (Å²) in [6, 6.07) is 0.377. The van der Waals surface area contributed by atoms with E-state index in [4.69, 9.17) is 0 Å². The van der Waals surface area contributed by atoms with Gasteiger partial charge in [-0.1, -0.05) is 33.3 Å². The molecule has 1 rings (SSSR count). The van der Waals surface area contributed by atoms with Gasteiger partial charge in [-0.2, -0.15) is 0 Å². The van der Waals surface area contributed by atoms with Crippen molar-refractivity contribution in [2.45, 2.75) is 45.6 Å². The molecule has 1 unspecified atom stereocenters. The Morgan fingerprint density at radius 3 is 2.79 bits per heavy atom. The van der Waals surface area contributed by atoms with Crippen LogP contribution in [0.15, 0.2) is 12.7 Å². The molecule has 0 heterocycles. The lowest BCUT2D eigenvalue weighted by Gasteiger charge is -2.31. The maximum atomic E-state index is 11.1. The first kappa shape index (κ1) is 11.3. The van der Waals surface area contributed by atoms with E-state index in [-0.39, 0.29) is 5.91 Å². The van der Waals surface area contributed by atoms with E-state index in [1.807, 2.05) is 0 Å². The average Bonchev–Trinajstić information content (AvgIpc) is 2.18. The van der Waals surface area contributed by atoms with Crippen LogP contribution < -0.4 is 5.32 Å². The lowest BCUT2D eigenvalue weighted by molar-refractivity contribution is -0.117. The summed E-state index contributed by atoms with van der Waals surface area (Å²) < 4.78 is 0. The Labute approximate surface area is 86.8 Å². The molecule has 0 bridgehead atoms. The summed E-state index contributed by atoms with van der Waals surface area (Å²) >= 11 is 0. The third-order valence-corrected chi connectivity index (χ3v) is 3.19. The topological polar surface area (TPSA) is 29.1 Å². The number of hydrogen-bond donors (Lipinski definition) is 1. The summed E-state index contributed by atoms with van der Waals surface area (Å²) in [6.45, 7) is 8.00. The van der Waals surface area contributed by atoms with Gasteiger partial charge < -0.3 is 5.32 Å². The Bertz CT molecular complexity index is 210. The highest BCUT2D eigenvalue weighted by Crippen LogP contribution is 2.29. The molecule has 0 aromatic rings. The van der Waals surface area contributed by atoms with Crippen molar-refractivity contribution < 1.29 is 4.79 Å². The molecule has 1 aliphatic rings. The van der Waals surface area contributed by atoms with Crippen LogP contribution in [0, 0.1) is 11.8 Å². The summed E-state index contributed by atoms with van der Waals surface area (Å²) in [4.78, 5) is 11.1. The molecule has 2 nitrogen and oxygen atoms in total. The van der Waals surface area contributed by atoms with Crippen molar-refractivity contribution >= 4 is 5.91 Å². The molecule has 2 heteroatoms. The number of hydrogen-bond acceptors (Lipinski definition) is 1. The van der Waals surface area contributed by atoms with Crippen LogP contribution in [0.25, 0.3) is 0 Å². The van der Waals surface area contributed by atoms with Crippen LogP contribution in [0.2, 0.25) is 0 Å². The monoisotopic (exact) mass is 195 g/mol. The maximum absolute atomic E-state index is 11.1. The molecule has 0 radical (unpaired) electrons. The summed E-state index contributed by atoms with van der Waals surface area (Å²) in [5.41, 5.74) is 0. The Morgan fingerprint density at radius 1 is 1.50 bits per heavy atom. The number of amides is 1. The maximum Gasteiger partial charge on any atom is 0.243 e. The molecule has 0 aliphatic heterocycles. The second kappa shape index (κ2) is 5.18. The van der Waals surface area contributed by atoms with Gasteiger partial charge in [-0.25, -0.2) is 0 Å². The van der Waals surface area contributed by atoms with Crippen LogP contribution >= 0.6 is 0 Å². The van der Waals surface area contributed by atoms with E-state index in [2.05, 4.69) is 25.7 Å². The van der Waals surface area contributed by atoms with E-state index >= 15 is 0 Å². The molecule has 0 saturated heterocycles. The molecular formula is C12H21NO. The molecule has 0 spiro atoms. The zero-order chi connectivity index (χ0) is 10.6. The van der Waals surface area contributed by atoms with Crippen molar-refractivity contribution in [1.82, 2.24) is 5.32 Å². The third-order valence-electron chi connectivity index (χ3n) is 3.19. The van der Waals surface area contributed by atoms with Crippen molar-refractivity contribution in [3.63, 3.8) is 0 Å². The van der Waals surface area contributed by atoms with Gasteiger partial charge in [-0.15, -0.1) is 0 Å². The van der Waals surface area contributed by atoms with Crippen molar-refractivity contribution in [2.75, 3.05) is 0 Å². The number of nitrogens with one attached hydrogen (secondary N) is 1. The molecule has 14 heavy (non-hydrogen) atoms. The van der Waals surface area contributed by atoms with Crippen molar-refractivity contribution in [2.24, 2.45) is 11.8 Å². The number of rotatable bonds is 3. The van der Waals surface area contributed by atoms with E-state index in [0.29, 0.717) is 6.04 Å². The molecule has 0 aromatic carbocycles. The van der Waals surface area contributed by atoms with Gasteiger partial charge in [0.15, 0.2) is 0 Å². The van der Waals surface area contributed by atoms with Gasteiger partial charge >= 0.3 is 0 Å². The Balaban J connectivity index is 2.39. The predicted molar refractivity (Wildman–Crippen MR) is 58.9 cm³/mol. The minimum absolute atomic E-state index is 0.0283. The van der Waals surface area contributed by atoms with Crippen molar-refractivity contribution in [3.05, 3.63) is 12.7 Å². The molecule has 1 amide bonds. The second-order valence-electron chi connectivity index (χ2n) is 4.58. The van der Waals surface area contributed by atoms with Crippen molar-refractivity contribution in [3.8, 4) is 0 Å². The van der Waals surface area contributed by atoms with Crippen LogP contribution in [0.4, 0.5) is 0 Å². The zero-order valence-corrected chi connectivity index (χ0v) is 9.25. The predicted octanol–water partition coefficient (Wildman–Crippen LogP) is 2.50. The lowest BCUT2D eigenvalue weighted by atomic mass is 9.79. The molecule has 80 valence electrons. The largest absolute Gasteiger partial charge is 0.350 e. The van der Waals surface area contributed by atoms with Gasteiger partial charge in [0, 0.05) is 6.04 Å². The summed E-state index contributed by atoms with van der Waals surface area (Å²) in [5.74, 6) is 1.48. The van der Waals surface area contributed by atoms with E-state index < -0.39 is 0 Å². The Morgan fingerprint density at radius 2 is 2.21 bits per heavy atom. The molecule has 1 fully saturated rings. The highest BCUT2D eigenvalue weighted by atomic mass is 16.1. The quantitative estimate of drug-likeness (QED) is 0.689. The molecule has 1 aliphatic carbocycles. The van der Waals surface area contributed by atoms with Gasteiger partial charge in [-0.3, -0.25) is 4.79 Å². The second-order valence-corrected chi connectivity index (χ2v) is 4.58. The average molecular weight is 195 g/mol. The fraction of sp³-hybridized carbons (Fsp3) is 0.750. The van der Waals surface area contributed by atoms with Gasteiger partial charge in [-0.05, 0) is 30.8 Å². The van der Waals surface area contributed by atoms with E-state index in [0.717, 1.165) is 24.7 Å². The van der Waals surface area contributed by atoms with Gasteiger partial charge in [0.2, 0.25) is 5.91 Å². The number of carbonyl (C=O) groups excluding carboxylic acids is 1. The molecule has 1 saturated carbocycles. The normalized spacial score (nSPS) is 27.4. The molecule has 1 N–H and O–H groups in total. The van der Waals surface area contributed by atoms with Crippen LogP contribution in [0.3, 0.4) is 0 Å². The van der Waals surface area contributed by atoms with Gasteiger partial charge in [0.05, 0.1) is 0 Å². The van der Waals surface area contributed by atoms with Gasteiger partial charge in [0.25, 0.3) is 0 Å². The van der Waals surface area contributed by atoms with Crippen LogP contribution in [-0.2, 0) is 4.79 Å². The first-order chi connectivity index (χ1) is 6.63. The highest BCUT2D eigenvalue weighted by Gasteiger charge is 2.24. The Kier molecular flexibility index (Phi) is 4.18. The van der Waals surface area contributed by atoms with E-state index in [1.165, 1.54) is 18.9 Å². The fourth-order valence-corrected chi connectivity index (χ4v) is 2.22. The molecular weight excluding hydrogens is 174 g/mol. The SMILES string of the molecule is C=CC(=O)NC1CCC[C@H](C(C)C)C1. The first-order valence-corrected chi connectivity index (χ1v) is 5.56. The minimum atomic E-state index is -0.0283. The fourth-order valence-electron chi connectivity index (χ4n) is 2.22. The zero-order valence-electron chi connectivity index (χ0n) is 9.25. The summed E-state index contributed by atoms with van der Waals surface area (Å²) in [6.07, 6.45) is 6.18. The standard InChI is InChI=1S/C12H21NO/c1-4-12(14)13-11-7-5-6-10(8-11)9(2)3/h4,9-11H,1,5-8H2,2-3H3,(H,13,14)/t10-,11?/m0/s1. The molecule has 0 aromatic heterocycles. The Hall–Kier alpha value is -0.790. The van der Waals surface area contributed by atoms with Gasteiger partial charge in [0.1, 0.15) is 0 Å². The summed E-state index contributed by atoms with van der Waals surface area (Å²) in [7, 11) is 0. The highest BCUT2D eigenvalue weighted by molar-refractivity contribution is 5.87. The van der Waals surface area contributed by atoms with Crippen LogP contribution in [0.5, 0.6) is 0 Å². The van der Waals surface area contributed by atoms with Crippen LogP contribution in [-0.4, -0.2) is 11.9 Å². The summed E-state index contributed by atoms with van der Waals surface area (Å²) in [5, 5.41) is 3.00. The van der Waals surface area contributed by atoms with E-state index in [9.17, 15) is 4.79 Å². The van der Waals surface area contributed by atoms with E-state index in [1.54, 1.807) is 0 Å². The number of carbonyl (C=O) groups is 1. The van der Waals surface area contributed by atoms with Crippen LogP contribution in [0.1, 0.15) is 39.5 Å².